The van der Waals surface area contributed by atoms with Gasteiger partial charge in [0.05, 0.1) is 12.1 Å². The number of nitrogens with zero attached hydrogens (tertiary/aromatic N) is 3. The molecular weight excluding hydrogens is 535 g/mol. The van der Waals surface area contributed by atoms with Crippen LogP contribution in [0.3, 0.4) is 0 Å². The van der Waals surface area contributed by atoms with Gasteiger partial charge in [0.1, 0.15) is 31.1 Å². The number of carbonyl (C=O) groups excluding carboxylic acids is 1. The van der Waals surface area contributed by atoms with Crippen molar-refractivity contribution in [3.05, 3.63) is 59.4 Å². The van der Waals surface area contributed by atoms with Crippen molar-refractivity contribution in [2.45, 2.75) is 25.6 Å². The Bertz CT molecular complexity index is 1460. The highest BCUT2D eigenvalue weighted by molar-refractivity contribution is 7.81. The molecule has 0 spiro atoms. The predicted octanol–water partition coefficient (Wildman–Crippen LogP) is 4.66. The number of amides is 1. The van der Waals surface area contributed by atoms with Gasteiger partial charge in [-0.05, 0) is 80.2 Å². The van der Waals surface area contributed by atoms with E-state index in [1.54, 1.807) is 38.1 Å². The van der Waals surface area contributed by atoms with E-state index in [-0.39, 0.29) is 24.0 Å². The fourth-order valence-electron chi connectivity index (χ4n) is 3.60. The van der Waals surface area contributed by atoms with Crippen LogP contribution < -0.4 is 14.5 Å². The molecule has 1 N–H and O–H groups in total. The average Bonchev–Trinajstić information content (AvgIpc) is 3.05. The molecule has 0 radical (unpaired) electrons. The van der Waals surface area contributed by atoms with E-state index < -0.39 is 41.4 Å². The third kappa shape index (κ3) is 6.66. The van der Waals surface area contributed by atoms with E-state index in [1.165, 1.54) is 11.0 Å². The van der Waals surface area contributed by atoms with Gasteiger partial charge in [-0.1, -0.05) is 12.0 Å². The molecule has 0 saturated carbocycles. The van der Waals surface area contributed by atoms with Crippen molar-refractivity contribution in [3.8, 4) is 29.4 Å². The fraction of sp³-hybridized carbons (Fsp3) is 0.259. The first kappa shape index (κ1) is 29.0. The van der Waals surface area contributed by atoms with Gasteiger partial charge in [-0.15, -0.1) is 0 Å². The van der Waals surface area contributed by atoms with Crippen LogP contribution in [0, 0.1) is 30.3 Å². The summed E-state index contributed by atoms with van der Waals surface area (Å²) < 4.78 is 50.8. The number of benzene rings is 2. The summed E-state index contributed by atoms with van der Waals surface area (Å²) in [6.45, 7) is 9.75. The summed E-state index contributed by atoms with van der Waals surface area (Å²) in [6, 6.07) is 9.58. The van der Waals surface area contributed by atoms with Crippen molar-refractivity contribution in [1.82, 2.24) is 0 Å². The molecule has 1 saturated heterocycles. The summed E-state index contributed by atoms with van der Waals surface area (Å²) >= 11 is 5.52. The normalized spacial score (nSPS) is 14.2. The molecule has 39 heavy (non-hydrogen) atoms. The SMILES string of the molecule is [C-]#[N+]c1ccc(N2C(=O)C(C)(C)N(c3ccc(OCC#CC#CCOCC(=O)O)cc3)C2=S)cc1C(F)(F)F. The molecule has 12 heteroatoms. The van der Waals surface area contributed by atoms with Crippen molar-refractivity contribution < 1.29 is 37.3 Å². The van der Waals surface area contributed by atoms with E-state index >= 15 is 0 Å². The highest BCUT2D eigenvalue weighted by Crippen LogP contribution is 2.42. The molecule has 1 heterocycles. The number of carboxylic acid groups (broad SMARTS) is 1. The quantitative estimate of drug-likeness (QED) is 0.230. The minimum absolute atomic E-state index is 0.0147. The summed E-state index contributed by atoms with van der Waals surface area (Å²) in [5.41, 5.74) is -2.51. The molecule has 0 unspecified atom stereocenters. The standard InChI is InChI=1S/C27H20F3N3O5S/c1-26(2)24(36)32(19-10-13-22(31-3)21(16-19)27(28,29)30)25(39)33(26)18-8-11-20(12-9-18)38-15-7-5-4-6-14-37-17-23(34)35/h8-13,16H,14-15,17H2,1-2H3,(H,34,35). The van der Waals surface area contributed by atoms with Crippen LogP contribution in [-0.2, 0) is 20.5 Å². The molecule has 1 amide bonds. The maximum Gasteiger partial charge on any atom is 0.407 e. The van der Waals surface area contributed by atoms with Gasteiger partial charge in [-0.2, -0.15) is 13.2 Å². The summed E-state index contributed by atoms with van der Waals surface area (Å²) in [7, 11) is 0. The first-order chi connectivity index (χ1) is 18.4. The lowest BCUT2D eigenvalue weighted by molar-refractivity contribution is -0.141. The van der Waals surface area contributed by atoms with Gasteiger partial charge in [0.25, 0.3) is 5.91 Å². The van der Waals surface area contributed by atoms with Gasteiger partial charge < -0.3 is 19.5 Å². The number of rotatable bonds is 7. The summed E-state index contributed by atoms with van der Waals surface area (Å²) in [4.78, 5) is 29.1. The van der Waals surface area contributed by atoms with Gasteiger partial charge in [-0.25, -0.2) is 9.64 Å². The molecule has 2 aromatic rings. The maximum absolute atomic E-state index is 13.5. The van der Waals surface area contributed by atoms with Crippen LogP contribution in [0.4, 0.5) is 30.2 Å². The number of anilines is 2. The van der Waals surface area contributed by atoms with E-state index in [2.05, 4.69) is 28.5 Å². The molecule has 0 atom stereocenters. The number of carboxylic acids is 1. The zero-order chi connectivity index (χ0) is 28.8. The Morgan fingerprint density at radius 2 is 1.72 bits per heavy atom. The Balaban J connectivity index is 1.73. The Hall–Kier alpha value is -4.57. The van der Waals surface area contributed by atoms with E-state index in [9.17, 15) is 22.8 Å². The Kier molecular flexibility index (Phi) is 8.82. The lowest BCUT2D eigenvalue weighted by atomic mass is 10.0. The molecular formula is C27H20F3N3O5S. The van der Waals surface area contributed by atoms with Gasteiger partial charge in [-0.3, -0.25) is 9.69 Å². The first-order valence-electron chi connectivity index (χ1n) is 11.1. The maximum atomic E-state index is 13.5. The highest BCUT2D eigenvalue weighted by Gasteiger charge is 2.50. The summed E-state index contributed by atoms with van der Waals surface area (Å²) in [5.74, 6) is 9.11. The Morgan fingerprint density at radius 3 is 2.31 bits per heavy atom. The molecule has 1 aliphatic rings. The van der Waals surface area contributed by atoms with Gasteiger partial charge in [0, 0.05) is 11.4 Å². The molecule has 8 nitrogen and oxygen atoms in total. The zero-order valence-corrected chi connectivity index (χ0v) is 21.4. The monoisotopic (exact) mass is 555 g/mol. The first-order valence-corrected chi connectivity index (χ1v) is 11.5. The van der Waals surface area contributed by atoms with Crippen LogP contribution in [0.15, 0.2) is 42.5 Å². The van der Waals surface area contributed by atoms with E-state index in [0.717, 1.165) is 17.0 Å². The smallest absolute Gasteiger partial charge is 0.407 e. The minimum atomic E-state index is -4.78. The van der Waals surface area contributed by atoms with Crippen LogP contribution in [0.1, 0.15) is 19.4 Å². The molecule has 2 aromatic carbocycles. The number of ether oxygens (including phenoxy) is 2. The van der Waals surface area contributed by atoms with Crippen LogP contribution in [0.25, 0.3) is 4.85 Å². The molecule has 1 aliphatic heterocycles. The lowest BCUT2D eigenvalue weighted by Crippen LogP contribution is -2.44. The van der Waals surface area contributed by atoms with Crippen molar-refractivity contribution in [3.63, 3.8) is 0 Å². The van der Waals surface area contributed by atoms with Crippen molar-refractivity contribution >= 4 is 46.3 Å². The molecule has 0 aliphatic carbocycles. The van der Waals surface area contributed by atoms with Gasteiger partial charge in [0.2, 0.25) is 0 Å². The second-order valence-corrected chi connectivity index (χ2v) is 8.77. The van der Waals surface area contributed by atoms with Gasteiger partial charge >= 0.3 is 12.1 Å². The molecule has 0 aromatic heterocycles. The molecule has 0 bridgehead atoms. The summed E-state index contributed by atoms with van der Waals surface area (Å²) in [5, 5.41) is 8.43. The third-order valence-corrected chi connectivity index (χ3v) is 5.74. The fourth-order valence-corrected chi connectivity index (χ4v) is 4.13. The van der Waals surface area contributed by atoms with E-state index in [0.29, 0.717) is 11.4 Å². The molecule has 200 valence electrons. The Labute approximate surface area is 227 Å². The van der Waals surface area contributed by atoms with Crippen molar-refractivity contribution in [2.75, 3.05) is 29.6 Å². The lowest BCUT2D eigenvalue weighted by Gasteiger charge is -2.29. The van der Waals surface area contributed by atoms with Crippen LogP contribution in [0.5, 0.6) is 5.75 Å². The molecule has 3 rings (SSSR count). The second kappa shape index (κ2) is 11.9. The number of hydrogen-bond donors (Lipinski definition) is 1. The second-order valence-electron chi connectivity index (χ2n) is 8.40. The van der Waals surface area contributed by atoms with Crippen molar-refractivity contribution in [1.29, 1.82) is 0 Å². The number of carbonyl (C=O) groups is 2. The number of aliphatic carboxylic acids is 1. The highest BCUT2D eigenvalue weighted by atomic mass is 32.1. The minimum Gasteiger partial charge on any atom is -0.481 e. The zero-order valence-electron chi connectivity index (χ0n) is 20.6. The number of alkyl halides is 3. The van der Waals surface area contributed by atoms with Crippen LogP contribution in [0.2, 0.25) is 0 Å². The number of hydrogen-bond acceptors (Lipinski definition) is 5. The van der Waals surface area contributed by atoms with E-state index in [1.807, 2.05) is 0 Å². The van der Waals surface area contributed by atoms with Crippen LogP contribution in [-0.4, -0.2) is 47.5 Å². The van der Waals surface area contributed by atoms with Gasteiger partial charge in [0.15, 0.2) is 10.8 Å². The third-order valence-electron chi connectivity index (χ3n) is 5.38. The largest absolute Gasteiger partial charge is 0.481 e. The average molecular weight is 556 g/mol. The summed E-state index contributed by atoms with van der Waals surface area (Å²) in [6.07, 6.45) is -4.78. The van der Waals surface area contributed by atoms with Crippen molar-refractivity contribution in [2.24, 2.45) is 0 Å². The number of halogens is 3. The number of thiocarbonyl (C=S) groups is 1. The molecule has 1 fully saturated rings. The Morgan fingerprint density at radius 1 is 1.10 bits per heavy atom. The predicted molar refractivity (Wildman–Crippen MR) is 140 cm³/mol. The van der Waals surface area contributed by atoms with E-state index in [4.69, 9.17) is 33.4 Å². The van der Waals surface area contributed by atoms with Crippen LogP contribution >= 0.6 is 12.2 Å². The topological polar surface area (TPSA) is 83.7 Å².